The number of hydrogen-bond donors (Lipinski definition) is 0. The molecular formula is C21H25IN2O5S. The van der Waals surface area contributed by atoms with Crippen molar-refractivity contribution in [1.29, 1.82) is 0 Å². The average molecular weight is 544 g/mol. The van der Waals surface area contributed by atoms with E-state index in [0.29, 0.717) is 42.0 Å². The Morgan fingerprint density at radius 3 is 2.63 bits per heavy atom. The minimum Gasteiger partial charge on any atom is -0.492 e. The molecule has 3 amide bonds. The molecule has 2 saturated heterocycles. The molecule has 2 aliphatic rings. The maximum Gasteiger partial charge on any atom is 0.294 e. The van der Waals surface area contributed by atoms with E-state index in [1.165, 1.54) is 0 Å². The highest BCUT2D eigenvalue weighted by Gasteiger charge is 2.37. The largest absolute Gasteiger partial charge is 0.492 e. The molecule has 2 fully saturated rings. The van der Waals surface area contributed by atoms with Gasteiger partial charge in [-0.1, -0.05) is 6.92 Å². The van der Waals surface area contributed by atoms with Gasteiger partial charge in [-0.25, -0.2) is 0 Å². The zero-order valence-electron chi connectivity index (χ0n) is 17.3. The molecule has 1 aromatic rings. The second-order valence-corrected chi connectivity index (χ2v) is 9.45. The summed E-state index contributed by atoms with van der Waals surface area (Å²) in [6.07, 6.45) is 3.56. The molecule has 0 saturated carbocycles. The van der Waals surface area contributed by atoms with Crippen LogP contribution in [0.4, 0.5) is 4.79 Å². The van der Waals surface area contributed by atoms with Gasteiger partial charge in [0.25, 0.3) is 11.1 Å². The molecule has 0 atom stereocenters. The van der Waals surface area contributed by atoms with Gasteiger partial charge in [-0.2, -0.15) is 0 Å². The van der Waals surface area contributed by atoms with Crippen molar-refractivity contribution in [3.63, 3.8) is 0 Å². The van der Waals surface area contributed by atoms with Crippen LogP contribution in [0.5, 0.6) is 11.5 Å². The van der Waals surface area contributed by atoms with E-state index < -0.39 is 11.1 Å². The Hall–Kier alpha value is -1.75. The predicted molar refractivity (Wildman–Crippen MR) is 125 cm³/mol. The lowest BCUT2D eigenvalue weighted by molar-refractivity contribution is -0.136. The normalized spacial score (nSPS) is 19.0. The van der Waals surface area contributed by atoms with Crippen LogP contribution in [-0.4, -0.2) is 60.2 Å². The van der Waals surface area contributed by atoms with Gasteiger partial charge >= 0.3 is 0 Å². The first-order valence-corrected chi connectivity index (χ1v) is 11.8. The van der Waals surface area contributed by atoms with Crippen LogP contribution in [-0.2, 0) is 9.59 Å². The molecule has 9 heteroatoms. The van der Waals surface area contributed by atoms with Crippen LogP contribution in [0.3, 0.4) is 0 Å². The maximum absolute atomic E-state index is 12.8. The second kappa shape index (κ2) is 10.0. The highest BCUT2D eigenvalue weighted by atomic mass is 127. The topological polar surface area (TPSA) is 76.2 Å². The number of benzene rings is 1. The number of likely N-dealkylation sites (tertiary alicyclic amines) is 1. The first kappa shape index (κ1) is 22.9. The van der Waals surface area contributed by atoms with Gasteiger partial charge in [0.15, 0.2) is 11.5 Å². The van der Waals surface area contributed by atoms with Crippen molar-refractivity contribution in [3.05, 3.63) is 26.2 Å². The number of thioether (sulfide) groups is 1. The van der Waals surface area contributed by atoms with Crippen molar-refractivity contribution in [1.82, 2.24) is 9.80 Å². The third kappa shape index (κ3) is 5.11. The highest BCUT2D eigenvalue weighted by molar-refractivity contribution is 14.1. The summed E-state index contributed by atoms with van der Waals surface area (Å²) < 4.78 is 11.9. The fraction of sp³-hybridized carbons (Fsp3) is 0.476. The fourth-order valence-corrected chi connectivity index (χ4v) is 5.10. The molecule has 0 spiro atoms. The number of hydrogen-bond acceptors (Lipinski definition) is 6. The number of piperidine rings is 1. The number of rotatable bonds is 6. The lowest BCUT2D eigenvalue weighted by Gasteiger charge is -2.31. The van der Waals surface area contributed by atoms with Gasteiger partial charge in [0.1, 0.15) is 6.54 Å². The smallest absolute Gasteiger partial charge is 0.294 e. The summed E-state index contributed by atoms with van der Waals surface area (Å²) in [6, 6.07) is 3.63. The Balaban J connectivity index is 1.75. The minimum absolute atomic E-state index is 0.178. The van der Waals surface area contributed by atoms with Crippen LogP contribution in [0, 0.1) is 9.49 Å². The van der Waals surface area contributed by atoms with Crippen LogP contribution in [0.25, 0.3) is 6.08 Å². The summed E-state index contributed by atoms with van der Waals surface area (Å²) in [6.45, 7) is 5.67. The van der Waals surface area contributed by atoms with Crippen molar-refractivity contribution in [3.8, 4) is 11.5 Å². The van der Waals surface area contributed by atoms with Gasteiger partial charge in [0.05, 0.1) is 22.2 Å². The molecular weight excluding hydrogens is 519 g/mol. The summed E-state index contributed by atoms with van der Waals surface area (Å²) in [5, 5.41) is -0.418. The van der Waals surface area contributed by atoms with E-state index in [1.54, 1.807) is 24.2 Å². The molecule has 2 aliphatic heterocycles. The van der Waals surface area contributed by atoms with E-state index in [1.807, 2.05) is 13.0 Å². The minimum atomic E-state index is -0.437. The van der Waals surface area contributed by atoms with Crippen LogP contribution in [0.2, 0.25) is 0 Å². The van der Waals surface area contributed by atoms with E-state index in [2.05, 4.69) is 29.5 Å². The molecule has 0 radical (unpaired) electrons. The number of amides is 3. The third-order valence-electron chi connectivity index (χ3n) is 5.14. The molecule has 0 bridgehead atoms. The summed E-state index contributed by atoms with van der Waals surface area (Å²) >= 11 is 2.99. The van der Waals surface area contributed by atoms with Gasteiger partial charge < -0.3 is 14.4 Å². The molecule has 0 aliphatic carbocycles. The number of carbonyl (C=O) groups excluding carboxylic acids is 3. The number of methoxy groups -OCH3 is 1. The third-order valence-corrected chi connectivity index (χ3v) is 6.85. The number of ether oxygens (including phenoxy) is 2. The monoisotopic (exact) mass is 544 g/mol. The Labute approximate surface area is 194 Å². The van der Waals surface area contributed by atoms with Crippen LogP contribution in [0.15, 0.2) is 17.0 Å². The van der Waals surface area contributed by atoms with Crippen LogP contribution >= 0.6 is 34.4 Å². The van der Waals surface area contributed by atoms with Gasteiger partial charge in [-0.15, -0.1) is 0 Å². The molecule has 0 N–H and O–H groups in total. The molecule has 30 heavy (non-hydrogen) atoms. The number of imide groups is 1. The van der Waals surface area contributed by atoms with Gasteiger partial charge in [-0.05, 0) is 83.8 Å². The van der Waals surface area contributed by atoms with Crippen molar-refractivity contribution >= 4 is 57.5 Å². The Morgan fingerprint density at radius 2 is 2.00 bits per heavy atom. The first-order chi connectivity index (χ1) is 14.3. The summed E-state index contributed by atoms with van der Waals surface area (Å²) in [7, 11) is 1.57. The van der Waals surface area contributed by atoms with E-state index >= 15 is 0 Å². The van der Waals surface area contributed by atoms with Crippen molar-refractivity contribution in [2.75, 3.05) is 33.4 Å². The summed E-state index contributed by atoms with van der Waals surface area (Å²) in [4.78, 5) is 40.8. The lowest BCUT2D eigenvalue weighted by Crippen LogP contribution is -2.45. The van der Waals surface area contributed by atoms with Crippen LogP contribution in [0.1, 0.15) is 32.3 Å². The maximum atomic E-state index is 12.8. The van der Waals surface area contributed by atoms with Crippen molar-refractivity contribution in [2.45, 2.75) is 26.7 Å². The zero-order valence-corrected chi connectivity index (χ0v) is 20.2. The Kier molecular flexibility index (Phi) is 7.67. The van der Waals surface area contributed by atoms with Crippen molar-refractivity contribution < 1.29 is 23.9 Å². The lowest BCUT2D eigenvalue weighted by atomic mass is 9.99. The van der Waals surface area contributed by atoms with E-state index in [9.17, 15) is 14.4 Å². The summed E-state index contributed by atoms with van der Waals surface area (Å²) in [5.74, 6) is 1.19. The molecule has 1 aromatic carbocycles. The van der Waals surface area contributed by atoms with Gasteiger partial charge in [0, 0.05) is 13.1 Å². The zero-order chi connectivity index (χ0) is 21.8. The SMILES string of the molecule is CCOc1cc(/C=C2/SC(=O)N(CC(=O)N3CCC(C)CC3)C2=O)cc(I)c1OC. The summed E-state index contributed by atoms with van der Waals surface area (Å²) in [5.41, 5.74) is 0.727. The number of nitrogens with zero attached hydrogens (tertiary/aromatic N) is 2. The van der Waals surface area contributed by atoms with E-state index in [-0.39, 0.29) is 12.5 Å². The number of halogens is 1. The standard InChI is InChI=1S/C21H25IN2O5S/c1-4-29-16-10-14(9-15(22)19(16)28-3)11-17-20(26)24(21(27)30-17)12-18(25)23-7-5-13(2)6-8-23/h9-11,13H,4-8,12H2,1-3H3/b17-11+. The molecule has 3 rings (SSSR count). The van der Waals surface area contributed by atoms with E-state index in [0.717, 1.165) is 38.6 Å². The predicted octanol–water partition coefficient (Wildman–Crippen LogP) is 3.99. The fourth-order valence-electron chi connectivity index (χ4n) is 3.41. The molecule has 7 nitrogen and oxygen atoms in total. The molecule has 2 heterocycles. The Morgan fingerprint density at radius 1 is 1.30 bits per heavy atom. The van der Waals surface area contributed by atoms with Gasteiger partial charge in [0.2, 0.25) is 5.91 Å². The quantitative estimate of drug-likeness (QED) is 0.399. The highest BCUT2D eigenvalue weighted by Crippen LogP contribution is 2.37. The average Bonchev–Trinajstić information content (AvgIpc) is 2.96. The molecule has 162 valence electrons. The molecule has 0 unspecified atom stereocenters. The van der Waals surface area contributed by atoms with Gasteiger partial charge in [-0.3, -0.25) is 19.3 Å². The van der Waals surface area contributed by atoms with E-state index in [4.69, 9.17) is 9.47 Å². The Bertz CT molecular complexity index is 880. The van der Waals surface area contributed by atoms with Crippen molar-refractivity contribution in [2.24, 2.45) is 5.92 Å². The van der Waals surface area contributed by atoms with Crippen LogP contribution < -0.4 is 9.47 Å². The molecule has 0 aromatic heterocycles. The number of carbonyl (C=O) groups is 3. The second-order valence-electron chi connectivity index (χ2n) is 7.30. The first-order valence-electron chi connectivity index (χ1n) is 9.87.